The van der Waals surface area contributed by atoms with Crippen molar-refractivity contribution >= 4 is 5.97 Å². The molecule has 0 bridgehead atoms. The van der Waals surface area contributed by atoms with E-state index in [-0.39, 0.29) is 5.56 Å². The van der Waals surface area contributed by atoms with E-state index in [0.717, 1.165) is 39.6 Å². The summed E-state index contributed by atoms with van der Waals surface area (Å²) in [6, 6.07) is 24.5. The molecule has 4 aromatic rings. The van der Waals surface area contributed by atoms with Gasteiger partial charge in [-0.25, -0.2) is 4.79 Å². The zero-order valence-corrected chi connectivity index (χ0v) is 18.0. The van der Waals surface area contributed by atoms with Crippen molar-refractivity contribution in [3.05, 3.63) is 90.0 Å². The standard InChI is InChI=1S/C26H24N2O4/c1-3-32-25-11-7-5-9-21(25)23-16-22(18-12-14-19(15-13-18)26(29)30)27-28(23)17-20-8-4-6-10-24(20)31-2/h4-16H,3,17H2,1-2H3,(H,29,30). The molecule has 1 aromatic heterocycles. The number of rotatable bonds is 8. The lowest BCUT2D eigenvalue weighted by atomic mass is 10.1. The molecule has 6 heteroatoms. The molecule has 3 aromatic carbocycles. The lowest BCUT2D eigenvalue weighted by molar-refractivity contribution is 0.0697. The van der Waals surface area contributed by atoms with Crippen molar-refractivity contribution < 1.29 is 19.4 Å². The molecule has 0 radical (unpaired) electrons. The summed E-state index contributed by atoms with van der Waals surface area (Å²) in [7, 11) is 1.66. The third-order valence-electron chi connectivity index (χ3n) is 5.18. The SMILES string of the molecule is CCOc1ccccc1-c1cc(-c2ccc(C(=O)O)cc2)nn1Cc1ccccc1OC. The van der Waals surface area contributed by atoms with Crippen LogP contribution in [0.25, 0.3) is 22.5 Å². The summed E-state index contributed by atoms with van der Waals surface area (Å²) in [5.41, 5.74) is 4.66. The molecule has 4 rings (SSSR count). The highest BCUT2D eigenvalue weighted by Crippen LogP contribution is 2.34. The van der Waals surface area contributed by atoms with Crippen LogP contribution in [-0.4, -0.2) is 34.6 Å². The molecule has 162 valence electrons. The number of carboxylic acid groups (broad SMARTS) is 1. The highest BCUT2D eigenvalue weighted by atomic mass is 16.5. The van der Waals surface area contributed by atoms with Crippen LogP contribution in [0.4, 0.5) is 0 Å². The van der Waals surface area contributed by atoms with Gasteiger partial charge in [0, 0.05) is 16.7 Å². The molecule has 0 aliphatic rings. The molecule has 0 aliphatic heterocycles. The van der Waals surface area contributed by atoms with Gasteiger partial charge < -0.3 is 14.6 Å². The zero-order valence-electron chi connectivity index (χ0n) is 18.0. The maximum absolute atomic E-state index is 11.2. The Hall–Kier alpha value is -4.06. The maximum Gasteiger partial charge on any atom is 0.335 e. The number of carbonyl (C=O) groups is 1. The summed E-state index contributed by atoms with van der Waals surface area (Å²) in [5, 5.41) is 14.1. The van der Waals surface area contributed by atoms with E-state index in [1.54, 1.807) is 31.4 Å². The zero-order chi connectivity index (χ0) is 22.5. The van der Waals surface area contributed by atoms with Crippen LogP contribution in [0.3, 0.4) is 0 Å². The van der Waals surface area contributed by atoms with E-state index < -0.39 is 5.97 Å². The Labute approximate surface area is 186 Å². The van der Waals surface area contributed by atoms with Crippen molar-refractivity contribution in [1.82, 2.24) is 9.78 Å². The minimum Gasteiger partial charge on any atom is -0.496 e. The fraction of sp³-hybridized carbons (Fsp3) is 0.154. The first kappa shape index (κ1) is 21.2. The third-order valence-corrected chi connectivity index (χ3v) is 5.18. The van der Waals surface area contributed by atoms with Crippen LogP contribution in [0.15, 0.2) is 78.9 Å². The van der Waals surface area contributed by atoms with Gasteiger partial charge in [0.25, 0.3) is 0 Å². The van der Waals surface area contributed by atoms with Gasteiger partial charge in [-0.1, -0.05) is 42.5 Å². The molecule has 32 heavy (non-hydrogen) atoms. The highest BCUT2D eigenvalue weighted by molar-refractivity contribution is 5.88. The van der Waals surface area contributed by atoms with Crippen molar-refractivity contribution in [2.75, 3.05) is 13.7 Å². The number of ether oxygens (including phenoxy) is 2. The molecule has 0 unspecified atom stereocenters. The largest absolute Gasteiger partial charge is 0.496 e. The fourth-order valence-corrected chi connectivity index (χ4v) is 3.63. The minimum atomic E-state index is -0.954. The number of aromatic nitrogens is 2. The predicted octanol–water partition coefficient (Wildman–Crippen LogP) is 5.37. The summed E-state index contributed by atoms with van der Waals surface area (Å²) in [6.07, 6.45) is 0. The molecule has 0 aliphatic carbocycles. The molecular weight excluding hydrogens is 404 g/mol. The number of benzene rings is 3. The van der Waals surface area contributed by atoms with Gasteiger partial charge in [-0.2, -0.15) is 5.10 Å². The van der Waals surface area contributed by atoms with Gasteiger partial charge in [-0.3, -0.25) is 4.68 Å². The number of hydrogen-bond donors (Lipinski definition) is 1. The Bertz CT molecular complexity index is 1230. The summed E-state index contributed by atoms with van der Waals surface area (Å²) >= 11 is 0. The number of nitrogens with zero attached hydrogens (tertiary/aromatic N) is 2. The van der Waals surface area contributed by atoms with Gasteiger partial charge in [0.2, 0.25) is 0 Å². The summed E-state index contributed by atoms with van der Waals surface area (Å²) in [5.74, 6) is 0.618. The lowest BCUT2D eigenvalue weighted by Gasteiger charge is -2.13. The first-order chi connectivity index (χ1) is 15.6. The second kappa shape index (κ2) is 9.39. The summed E-state index contributed by atoms with van der Waals surface area (Å²) < 4.78 is 13.3. The van der Waals surface area contributed by atoms with E-state index in [1.807, 2.05) is 66.2 Å². The molecule has 0 saturated carbocycles. The van der Waals surface area contributed by atoms with Crippen molar-refractivity contribution in [1.29, 1.82) is 0 Å². The molecule has 0 atom stereocenters. The van der Waals surface area contributed by atoms with Crippen LogP contribution in [0, 0.1) is 0 Å². The average molecular weight is 428 g/mol. The number of para-hydroxylation sites is 2. The third kappa shape index (κ3) is 4.34. The second-order valence-electron chi connectivity index (χ2n) is 7.20. The van der Waals surface area contributed by atoms with Crippen molar-refractivity contribution in [3.8, 4) is 34.0 Å². The van der Waals surface area contributed by atoms with Crippen LogP contribution < -0.4 is 9.47 Å². The van der Waals surface area contributed by atoms with Gasteiger partial charge in [-0.05, 0) is 43.3 Å². The Morgan fingerprint density at radius 1 is 0.969 bits per heavy atom. The second-order valence-corrected chi connectivity index (χ2v) is 7.20. The number of hydrogen-bond acceptors (Lipinski definition) is 4. The quantitative estimate of drug-likeness (QED) is 0.408. The van der Waals surface area contributed by atoms with Gasteiger partial charge >= 0.3 is 5.97 Å². The maximum atomic E-state index is 11.2. The van der Waals surface area contributed by atoms with E-state index >= 15 is 0 Å². The number of carboxylic acids is 1. The Morgan fingerprint density at radius 3 is 2.34 bits per heavy atom. The van der Waals surface area contributed by atoms with E-state index in [0.29, 0.717) is 13.2 Å². The fourth-order valence-electron chi connectivity index (χ4n) is 3.63. The van der Waals surface area contributed by atoms with E-state index in [1.165, 1.54) is 0 Å². The Morgan fingerprint density at radius 2 is 1.66 bits per heavy atom. The first-order valence-electron chi connectivity index (χ1n) is 10.4. The van der Waals surface area contributed by atoms with Crippen LogP contribution >= 0.6 is 0 Å². The van der Waals surface area contributed by atoms with Crippen molar-refractivity contribution in [2.45, 2.75) is 13.5 Å². The van der Waals surface area contributed by atoms with Gasteiger partial charge in [0.05, 0.1) is 37.2 Å². The van der Waals surface area contributed by atoms with Crippen molar-refractivity contribution in [3.63, 3.8) is 0 Å². The first-order valence-corrected chi connectivity index (χ1v) is 10.4. The van der Waals surface area contributed by atoms with Gasteiger partial charge in [0.1, 0.15) is 11.5 Å². The van der Waals surface area contributed by atoms with Crippen LogP contribution in [0.5, 0.6) is 11.5 Å². The topological polar surface area (TPSA) is 73.6 Å². The van der Waals surface area contributed by atoms with Gasteiger partial charge in [0.15, 0.2) is 0 Å². The summed E-state index contributed by atoms with van der Waals surface area (Å²) in [6.45, 7) is 3.02. The minimum absolute atomic E-state index is 0.240. The van der Waals surface area contributed by atoms with E-state index in [4.69, 9.17) is 14.6 Å². The Kier molecular flexibility index (Phi) is 6.22. The molecule has 1 N–H and O–H groups in total. The molecule has 0 spiro atoms. The molecule has 0 amide bonds. The molecule has 0 saturated heterocycles. The monoisotopic (exact) mass is 428 g/mol. The smallest absolute Gasteiger partial charge is 0.335 e. The normalized spacial score (nSPS) is 10.7. The predicted molar refractivity (Wildman–Crippen MR) is 123 cm³/mol. The number of aromatic carboxylic acids is 1. The molecular formula is C26H24N2O4. The summed E-state index contributed by atoms with van der Waals surface area (Å²) in [4.78, 5) is 11.2. The average Bonchev–Trinajstić information content (AvgIpc) is 3.23. The van der Waals surface area contributed by atoms with E-state index in [9.17, 15) is 9.90 Å². The van der Waals surface area contributed by atoms with Crippen LogP contribution in [-0.2, 0) is 6.54 Å². The van der Waals surface area contributed by atoms with Crippen LogP contribution in [0.1, 0.15) is 22.8 Å². The molecule has 0 fully saturated rings. The number of methoxy groups -OCH3 is 1. The molecule has 6 nitrogen and oxygen atoms in total. The van der Waals surface area contributed by atoms with Crippen molar-refractivity contribution in [2.24, 2.45) is 0 Å². The Balaban J connectivity index is 1.82. The van der Waals surface area contributed by atoms with E-state index in [2.05, 4.69) is 0 Å². The van der Waals surface area contributed by atoms with Crippen LogP contribution in [0.2, 0.25) is 0 Å². The van der Waals surface area contributed by atoms with Gasteiger partial charge in [-0.15, -0.1) is 0 Å². The highest BCUT2D eigenvalue weighted by Gasteiger charge is 2.17. The molecule has 1 heterocycles. The lowest BCUT2D eigenvalue weighted by Crippen LogP contribution is -2.06.